The molecule has 172 valence electrons. The van der Waals surface area contributed by atoms with Crippen molar-refractivity contribution in [1.29, 1.82) is 0 Å². The van der Waals surface area contributed by atoms with E-state index in [1.807, 2.05) is 5.57 Å². The molecule has 2 aliphatic heterocycles. The molecule has 12 atom stereocenters. The van der Waals surface area contributed by atoms with E-state index in [9.17, 15) is 0 Å². The van der Waals surface area contributed by atoms with E-state index in [4.69, 9.17) is 4.74 Å². The van der Waals surface area contributed by atoms with Crippen molar-refractivity contribution in [2.75, 3.05) is 13.6 Å². The molecule has 6 aliphatic carbocycles. The molecule has 2 saturated heterocycles. The molecular weight excluding hydrogens is 378 g/mol. The molecular formula is C29H45NO. The first-order valence-electron chi connectivity index (χ1n) is 13.9. The zero-order chi connectivity index (χ0) is 21.0. The van der Waals surface area contributed by atoms with Crippen LogP contribution in [0.25, 0.3) is 0 Å². The highest BCUT2D eigenvalue weighted by atomic mass is 16.5. The van der Waals surface area contributed by atoms with Gasteiger partial charge in [-0.15, -0.1) is 0 Å². The summed E-state index contributed by atoms with van der Waals surface area (Å²) in [6, 6.07) is 0.727. The van der Waals surface area contributed by atoms with E-state index in [0.29, 0.717) is 22.3 Å². The number of piperidine rings is 1. The van der Waals surface area contributed by atoms with Crippen molar-refractivity contribution in [1.82, 2.24) is 4.90 Å². The molecule has 0 aromatic carbocycles. The van der Waals surface area contributed by atoms with E-state index in [0.717, 1.165) is 41.5 Å². The highest BCUT2D eigenvalue weighted by Gasteiger charge is 2.91. The summed E-state index contributed by atoms with van der Waals surface area (Å²) in [5.41, 5.74) is 3.94. The van der Waals surface area contributed by atoms with E-state index < -0.39 is 0 Å². The number of nitrogens with zero attached hydrogens (tertiary/aromatic N) is 1. The van der Waals surface area contributed by atoms with Gasteiger partial charge in [-0.1, -0.05) is 32.4 Å². The van der Waals surface area contributed by atoms with Gasteiger partial charge in [0.2, 0.25) is 0 Å². The third-order valence-corrected chi connectivity index (χ3v) is 13.4. The monoisotopic (exact) mass is 423 g/mol. The van der Waals surface area contributed by atoms with Crippen LogP contribution >= 0.6 is 0 Å². The number of fused-ring (bicyclic) bond motifs is 6. The fourth-order valence-electron chi connectivity index (χ4n) is 12.3. The molecule has 2 heteroatoms. The summed E-state index contributed by atoms with van der Waals surface area (Å²) in [6.07, 6.45) is 17.8. The van der Waals surface area contributed by atoms with Gasteiger partial charge in [0.15, 0.2) is 0 Å². The van der Waals surface area contributed by atoms with Crippen LogP contribution < -0.4 is 0 Å². The maximum atomic E-state index is 7.29. The lowest BCUT2D eigenvalue weighted by molar-refractivity contribution is -0.211. The topological polar surface area (TPSA) is 12.5 Å². The van der Waals surface area contributed by atoms with Crippen molar-refractivity contribution in [2.45, 2.75) is 103 Å². The average molecular weight is 424 g/mol. The number of rotatable bonds is 0. The Balaban J connectivity index is 0.00000180. The van der Waals surface area contributed by atoms with Crippen molar-refractivity contribution in [3.05, 3.63) is 11.6 Å². The molecule has 3 unspecified atom stereocenters. The number of likely N-dealkylation sites (N-methyl/N-ethyl adjacent to an activating group) is 1. The Labute approximate surface area is 191 Å². The minimum atomic E-state index is 0. The van der Waals surface area contributed by atoms with Crippen LogP contribution in [0.15, 0.2) is 11.6 Å². The number of likely N-dealkylation sites (tertiary alicyclic amines) is 1. The van der Waals surface area contributed by atoms with Crippen LogP contribution in [0.3, 0.4) is 0 Å². The quantitative estimate of drug-likeness (QED) is 0.423. The fraction of sp³-hybridized carbons (Fsp3) is 0.931. The van der Waals surface area contributed by atoms with Gasteiger partial charge in [-0.05, 0) is 112 Å². The van der Waals surface area contributed by atoms with Crippen molar-refractivity contribution < 1.29 is 6.16 Å². The Bertz CT molecular complexity index is 886. The molecule has 2 nitrogen and oxygen atoms in total. The summed E-state index contributed by atoms with van der Waals surface area (Å²) in [5.74, 6) is 5.54. The Morgan fingerprint density at radius 2 is 1.94 bits per heavy atom. The van der Waals surface area contributed by atoms with Gasteiger partial charge in [-0.25, -0.2) is 0 Å². The first-order valence-corrected chi connectivity index (χ1v) is 13.9. The van der Waals surface area contributed by atoms with Gasteiger partial charge in [0, 0.05) is 25.3 Å². The Hall–Kier alpha value is -0.340. The Kier molecular flexibility index (Phi) is 3.36. The fourth-order valence-corrected chi connectivity index (χ4v) is 12.3. The van der Waals surface area contributed by atoms with Gasteiger partial charge in [0.1, 0.15) is 0 Å². The zero-order valence-electron chi connectivity index (χ0n) is 20.3. The number of ether oxygens (including phenoxy) is 1. The summed E-state index contributed by atoms with van der Waals surface area (Å²) in [7, 11) is 2.40. The van der Waals surface area contributed by atoms with Crippen LogP contribution in [0, 0.1) is 51.8 Å². The summed E-state index contributed by atoms with van der Waals surface area (Å²) < 4.78 is 7.29. The minimum absolute atomic E-state index is 0. The molecule has 0 amide bonds. The smallest absolute Gasteiger partial charge is 0.0793 e. The molecule has 0 bridgehead atoms. The predicted molar refractivity (Wildman–Crippen MR) is 126 cm³/mol. The maximum Gasteiger partial charge on any atom is 0.0793 e. The number of hydrogen-bond acceptors (Lipinski definition) is 2. The van der Waals surface area contributed by atoms with Gasteiger partial charge in [-0.3, -0.25) is 0 Å². The van der Waals surface area contributed by atoms with Crippen LogP contribution in [0.2, 0.25) is 0 Å². The summed E-state index contributed by atoms with van der Waals surface area (Å²) >= 11 is 0. The second kappa shape index (κ2) is 5.48. The van der Waals surface area contributed by atoms with Crippen LogP contribution in [-0.2, 0) is 4.74 Å². The predicted octanol–water partition coefficient (Wildman–Crippen LogP) is 6.31. The van der Waals surface area contributed by atoms with Gasteiger partial charge in [0.05, 0.1) is 11.7 Å². The summed E-state index contributed by atoms with van der Waals surface area (Å²) in [6.45, 7) is 8.91. The average Bonchev–Trinajstić information content (AvgIpc) is 3.19. The Morgan fingerprint density at radius 1 is 1.06 bits per heavy atom. The molecule has 0 radical (unpaired) electrons. The third-order valence-electron chi connectivity index (χ3n) is 13.4. The molecule has 8 rings (SSSR count). The molecule has 8 aliphatic rings. The lowest BCUT2D eigenvalue weighted by Gasteiger charge is -2.60. The van der Waals surface area contributed by atoms with Crippen molar-refractivity contribution in [2.24, 2.45) is 51.8 Å². The van der Waals surface area contributed by atoms with Crippen LogP contribution in [0.5, 0.6) is 0 Å². The third kappa shape index (κ3) is 1.89. The van der Waals surface area contributed by atoms with Gasteiger partial charge >= 0.3 is 0 Å². The van der Waals surface area contributed by atoms with Crippen LogP contribution in [-0.4, -0.2) is 36.2 Å². The zero-order valence-corrected chi connectivity index (χ0v) is 20.3. The highest BCUT2D eigenvalue weighted by molar-refractivity contribution is 5.41. The van der Waals surface area contributed by atoms with Gasteiger partial charge < -0.3 is 9.64 Å². The van der Waals surface area contributed by atoms with E-state index >= 15 is 0 Å². The van der Waals surface area contributed by atoms with Gasteiger partial charge in [0.25, 0.3) is 0 Å². The van der Waals surface area contributed by atoms with E-state index in [1.165, 1.54) is 64.3 Å². The molecule has 0 aromatic rings. The van der Waals surface area contributed by atoms with Crippen LogP contribution in [0.4, 0.5) is 0 Å². The lowest BCUT2D eigenvalue weighted by Crippen LogP contribution is -2.64. The minimum Gasteiger partial charge on any atom is -0.369 e. The molecule has 0 N–H and O–H groups in total. The second-order valence-electron chi connectivity index (χ2n) is 14.4. The maximum absolute atomic E-state index is 7.29. The van der Waals surface area contributed by atoms with Crippen molar-refractivity contribution in [3.63, 3.8) is 0 Å². The summed E-state index contributed by atoms with van der Waals surface area (Å²) in [4.78, 5) is 2.71. The number of hydrogen-bond donors (Lipinski definition) is 0. The Morgan fingerprint density at radius 3 is 2.81 bits per heavy atom. The van der Waals surface area contributed by atoms with E-state index in [-0.39, 0.29) is 7.03 Å². The number of allylic oxidation sites excluding steroid dienone is 2. The molecule has 31 heavy (non-hydrogen) atoms. The summed E-state index contributed by atoms with van der Waals surface area (Å²) in [5, 5.41) is 0. The largest absolute Gasteiger partial charge is 0.369 e. The van der Waals surface area contributed by atoms with E-state index in [2.05, 4.69) is 38.8 Å². The molecule has 2 heterocycles. The van der Waals surface area contributed by atoms with Crippen molar-refractivity contribution >= 4 is 0 Å². The van der Waals surface area contributed by atoms with E-state index in [1.54, 1.807) is 6.42 Å². The lowest BCUT2D eigenvalue weighted by atomic mass is 9.47. The normalized spacial score (nSPS) is 65.7. The first-order chi connectivity index (χ1) is 14.8. The highest BCUT2D eigenvalue weighted by Crippen LogP contribution is 2.93. The molecule has 0 aromatic heterocycles. The van der Waals surface area contributed by atoms with Gasteiger partial charge in [-0.2, -0.15) is 0 Å². The first kappa shape index (κ1) is 19.0. The van der Waals surface area contributed by atoms with Crippen molar-refractivity contribution in [3.8, 4) is 0 Å². The standard InChI is InChI=1S/C29H43NO.H2/c1-17-7-9-26(3)19(11-17)5-6-20-21-8-10-29-23(14-28(29)16-27(21,28)13-22(20)26)25-24(31-29)12-18(2)15-30(25)4;/h5,17-18,20-25H,6-16H2,1-4H3;1H/t17-,18-,20-,21-,22-,23+,24+,25-,26?,27?,28?,29+;/m0./s1. The molecule has 7 fully saturated rings. The SMILES string of the molecule is C[C@H]1CCC2(C)C(=CC[C@@H]3[C@@H]2CC24CC25C[C@@H]2[C@H]6[C@@H](C[C@H](C)CN6C)O[C@]25CC[C@@H]34)C1.[HH]. The van der Waals surface area contributed by atoms with Crippen LogP contribution in [0.1, 0.15) is 86.4 Å². The molecule has 5 saturated carbocycles. The molecule has 3 spiro atoms. The second-order valence-corrected chi connectivity index (χ2v) is 14.4.